The summed E-state index contributed by atoms with van der Waals surface area (Å²) in [7, 11) is 1.56. The van der Waals surface area contributed by atoms with Gasteiger partial charge in [-0.1, -0.05) is 11.6 Å². The van der Waals surface area contributed by atoms with Crippen molar-refractivity contribution in [3.05, 3.63) is 52.8 Å². The smallest absolute Gasteiger partial charge is 0.322 e. The number of piperazine rings is 1. The SMILES string of the molecule is COc1cc(Cl)c(C)cc1NC(=O)N1CCN(Cc2ccncc2)CC1. The molecule has 1 saturated heterocycles. The molecule has 0 unspecified atom stereocenters. The molecule has 2 heterocycles. The van der Waals surface area contributed by atoms with E-state index in [9.17, 15) is 4.79 Å². The number of ether oxygens (including phenoxy) is 1. The molecule has 2 amide bonds. The van der Waals surface area contributed by atoms with Crippen molar-refractivity contribution >= 4 is 23.3 Å². The van der Waals surface area contributed by atoms with E-state index in [2.05, 4.69) is 15.2 Å². The number of carbonyl (C=O) groups is 1. The van der Waals surface area contributed by atoms with Gasteiger partial charge in [0.2, 0.25) is 0 Å². The van der Waals surface area contributed by atoms with Crippen molar-refractivity contribution in [2.75, 3.05) is 38.6 Å². The van der Waals surface area contributed by atoms with Crippen molar-refractivity contribution in [3.8, 4) is 5.75 Å². The van der Waals surface area contributed by atoms with Crippen LogP contribution in [0, 0.1) is 6.92 Å². The van der Waals surface area contributed by atoms with E-state index in [0.717, 1.165) is 25.2 Å². The van der Waals surface area contributed by atoms with Gasteiger partial charge in [-0.2, -0.15) is 0 Å². The lowest BCUT2D eigenvalue weighted by molar-refractivity contribution is 0.143. The first-order valence-corrected chi connectivity index (χ1v) is 8.96. The fraction of sp³-hybridized carbons (Fsp3) is 0.368. The quantitative estimate of drug-likeness (QED) is 0.891. The number of aromatic nitrogens is 1. The summed E-state index contributed by atoms with van der Waals surface area (Å²) in [6.45, 7) is 5.83. The number of hydrogen-bond donors (Lipinski definition) is 1. The highest BCUT2D eigenvalue weighted by Gasteiger charge is 2.22. The van der Waals surface area contributed by atoms with Crippen molar-refractivity contribution in [1.29, 1.82) is 0 Å². The van der Waals surface area contributed by atoms with Gasteiger partial charge >= 0.3 is 6.03 Å². The molecule has 138 valence electrons. The number of nitrogens with zero attached hydrogens (tertiary/aromatic N) is 3. The molecule has 0 bridgehead atoms. The maximum absolute atomic E-state index is 12.6. The number of hydrogen-bond acceptors (Lipinski definition) is 4. The first-order valence-electron chi connectivity index (χ1n) is 8.58. The lowest BCUT2D eigenvalue weighted by Crippen LogP contribution is -2.49. The fourth-order valence-corrected chi connectivity index (χ4v) is 3.13. The second kappa shape index (κ2) is 8.38. The van der Waals surface area contributed by atoms with Crippen LogP contribution in [0.1, 0.15) is 11.1 Å². The van der Waals surface area contributed by atoms with Crippen molar-refractivity contribution in [2.45, 2.75) is 13.5 Å². The molecule has 6 nitrogen and oxygen atoms in total. The van der Waals surface area contributed by atoms with Crippen LogP contribution in [0.15, 0.2) is 36.7 Å². The third kappa shape index (κ3) is 4.45. The van der Waals surface area contributed by atoms with Crippen LogP contribution in [0.2, 0.25) is 5.02 Å². The molecule has 26 heavy (non-hydrogen) atoms. The van der Waals surface area contributed by atoms with Gasteiger partial charge < -0.3 is 15.0 Å². The highest BCUT2D eigenvalue weighted by atomic mass is 35.5. The normalized spacial score (nSPS) is 15.0. The zero-order valence-corrected chi connectivity index (χ0v) is 15.8. The molecule has 1 fully saturated rings. The Balaban J connectivity index is 1.56. The number of methoxy groups -OCH3 is 1. The van der Waals surface area contributed by atoms with Crippen LogP contribution in [0.3, 0.4) is 0 Å². The molecule has 0 saturated carbocycles. The van der Waals surface area contributed by atoms with Crippen LogP contribution < -0.4 is 10.1 Å². The zero-order valence-electron chi connectivity index (χ0n) is 15.0. The average molecular weight is 375 g/mol. The number of rotatable bonds is 4. The lowest BCUT2D eigenvalue weighted by atomic mass is 10.2. The maximum Gasteiger partial charge on any atom is 0.322 e. The molecule has 1 N–H and O–H groups in total. The molecule has 1 aromatic heterocycles. The van der Waals surface area contributed by atoms with E-state index in [-0.39, 0.29) is 6.03 Å². The molecule has 7 heteroatoms. The molecule has 1 aliphatic rings. The minimum Gasteiger partial charge on any atom is -0.495 e. The zero-order chi connectivity index (χ0) is 18.5. The van der Waals surface area contributed by atoms with Crippen molar-refractivity contribution in [1.82, 2.24) is 14.8 Å². The Hall–Kier alpha value is -2.31. The second-order valence-electron chi connectivity index (χ2n) is 6.35. The van der Waals surface area contributed by atoms with Crippen LogP contribution in [0.5, 0.6) is 5.75 Å². The number of benzene rings is 1. The Kier molecular flexibility index (Phi) is 5.96. The number of amides is 2. The monoisotopic (exact) mass is 374 g/mol. The molecule has 0 aliphatic carbocycles. The molecule has 1 aliphatic heterocycles. The number of nitrogens with one attached hydrogen (secondary N) is 1. The molecule has 0 atom stereocenters. The number of anilines is 1. The van der Waals surface area contributed by atoms with Gasteiger partial charge in [0.05, 0.1) is 12.8 Å². The number of halogens is 1. The van der Waals surface area contributed by atoms with Gasteiger partial charge in [0, 0.05) is 56.2 Å². The summed E-state index contributed by atoms with van der Waals surface area (Å²) in [5.74, 6) is 0.560. The minimum absolute atomic E-state index is 0.117. The van der Waals surface area contributed by atoms with Crippen LogP contribution in [-0.2, 0) is 6.54 Å². The first-order chi connectivity index (χ1) is 12.6. The Labute approximate surface area is 158 Å². The van der Waals surface area contributed by atoms with Crippen LogP contribution >= 0.6 is 11.6 Å². The van der Waals surface area contributed by atoms with Gasteiger partial charge in [-0.3, -0.25) is 9.88 Å². The third-order valence-electron chi connectivity index (χ3n) is 4.54. The predicted molar refractivity (Wildman–Crippen MR) is 103 cm³/mol. The Morgan fingerprint density at radius 2 is 1.92 bits per heavy atom. The van der Waals surface area contributed by atoms with Crippen LogP contribution in [0.4, 0.5) is 10.5 Å². The van der Waals surface area contributed by atoms with Gasteiger partial charge in [0.15, 0.2) is 0 Å². The second-order valence-corrected chi connectivity index (χ2v) is 6.76. The van der Waals surface area contributed by atoms with Crippen molar-refractivity contribution in [3.63, 3.8) is 0 Å². The van der Waals surface area contributed by atoms with Crippen molar-refractivity contribution in [2.24, 2.45) is 0 Å². The summed E-state index contributed by atoms with van der Waals surface area (Å²) in [5.41, 5.74) is 2.77. The van der Waals surface area contributed by atoms with Gasteiger partial charge in [-0.15, -0.1) is 0 Å². The summed E-state index contributed by atoms with van der Waals surface area (Å²) in [5, 5.41) is 3.56. The van der Waals surface area contributed by atoms with E-state index in [4.69, 9.17) is 16.3 Å². The van der Waals surface area contributed by atoms with E-state index in [1.165, 1.54) is 5.56 Å². The predicted octanol–water partition coefficient (Wildman–Crippen LogP) is 3.40. The molecule has 0 radical (unpaired) electrons. The van der Waals surface area contributed by atoms with Crippen LogP contribution in [-0.4, -0.2) is 54.1 Å². The average Bonchev–Trinajstić information content (AvgIpc) is 2.66. The maximum atomic E-state index is 12.6. The molecular weight excluding hydrogens is 352 g/mol. The van der Waals surface area contributed by atoms with E-state index in [1.807, 2.05) is 30.0 Å². The Morgan fingerprint density at radius 3 is 2.58 bits per heavy atom. The van der Waals surface area contributed by atoms with E-state index in [1.54, 1.807) is 25.6 Å². The molecule has 1 aromatic carbocycles. The third-order valence-corrected chi connectivity index (χ3v) is 4.94. The number of carbonyl (C=O) groups excluding carboxylic acids is 1. The summed E-state index contributed by atoms with van der Waals surface area (Å²) < 4.78 is 5.32. The summed E-state index contributed by atoms with van der Waals surface area (Å²) in [6.07, 6.45) is 3.61. The van der Waals surface area contributed by atoms with E-state index >= 15 is 0 Å². The lowest BCUT2D eigenvalue weighted by Gasteiger charge is -2.34. The fourth-order valence-electron chi connectivity index (χ4n) is 2.98. The van der Waals surface area contributed by atoms with Crippen LogP contribution in [0.25, 0.3) is 0 Å². The number of aryl methyl sites for hydroxylation is 1. The standard InChI is InChI=1S/C19H23ClN4O2/c1-14-11-17(18(26-2)12-16(14)20)22-19(25)24-9-7-23(8-10-24)13-15-3-5-21-6-4-15/h3-6,11-12H,7-10,13H2,1-2H3,(H,22,25). The van der Waals surface area contributed by atoms with Gasteiger partial charge in [0.25, 0.3) is 0 Å². The molecule has 0 spiro atoms. The minimum atomic E-state index is -0.117. The van der Waals surface area contributed by atoms with Gasteiger partial charge in [-0.05, 0) is 36.2 Å². The van der Waals surface area contributed by atoms with Gasteiger partial charge in [-0.25, -0.2) is 4.79 Å². The Bertz CT molecular complexity index is 762. The topological polar surface area (TPSA) is 57.7 Å². The largest absolute Gasteiger partial charge is 0.495 e. The molecule has 2 aromatic rings. The Morgan fingerprint density at radius 1 is 1.23 bits per heavy atom. The molecule has 3 rings (SSSR count). The van der Waals surface area contributed by atoms with E-state index < -0.39 is 0 Å². The van der Waals surface area contributed by atoms with Gasteiger partial charge in [0.1, 0.15) is 5.75 Å². The summed E-state index contributed by atoms with van der Waals surface area (Å²) >= 11 is 6.12. The molecular formula is C19H23ClN4O2. The number of pyridine rings is 1. The highest BCUT2D eigenvalue weighted by Crippen LogP contribution is 2.31. The first kappa shape index (κ1) is 18.5. The summed E-state index contributed by atoms with van der Waals surface area (Å²) in [6, 6.07) is 7.48. The number of urea groups is 1. The van der Waals surface area contributed by atoms with Crippen molar-refractivity contribution < 1.29 is 9.53 Å². The highest BCUT2D eigenvalue weighted by molar-refractivity contribution is 6.31. The summed E-state index contributed by atoms with van der Waals surface area (Å²) in [4.78, 5) is 20.8. The van der Waals surface area contributed by atoms with E-state index in [0.29, 0.717) is 29.5 Å².